The second kappa shape index (κ2) is 5.33. The van der Waals surface area contributed by atoms with Crippen molar-refractivity contribution < 1.29 is 19.8 Å². The number of fused-ring (bicyclic) bond motifs is 1. The summed E-state index contributed by atoms with van der Waals surface area (Å²) in [5, 5.41) is 20.2. The van der Waals surface area contributed by atoms with Crippen molar-refractivity contribution >= 4 is 11.6 Å². The van der Waals surface area contributed by atoms with Crippen LogP contribution in [0.4, 0.5) is 0 Å². The SMILES string of the molecule is CC1=C(C2=C(O)C(=O)C=C(O)C2=O)[C@@]2(C)CCCC(C)(C)[C@@H]2CC1. The number of aliphatic hydroxyl groups excluding tert-OH is 2. The highest BCUT2D eigenvalue weighted by molar-refractivity contribution is 6.22. The Morgan fingerprint density at radius 3 is 2.46 bits per heavy atom. The number of carbonyl (C=O) groups is 2. The van der Waals surface area contributed by atoms with Gasteiger partial charge in [-0.05, 0) is 54.9 Å². The van der Waals surface area contributed by atoms with E-state index < -0.39 is 23.1 Å². The minimum atomic E-state index is -0.691. The van der Waals surface area contributed by atoms with Crippen molar-refractivity contribution in [2.24, 2.45) is 16.7 Å². The average molecular weight is 330 g/mol. The zero-order chi connectivity index (χ0) is 17.9. The Bertz CT molecular complexity index is 720. The van der Waals surface area contributed by atoms with Crippen LogP contribution in [0.3, 0.4) is 0 Å². The van der Waals surface area contributed by atoms with E-state index in [-0.39, 0.29) is 16.4 Å². The molecule has 2 N–H and O–H groups in total. The van der Waals surface area contributed by atoms with Gasteiger partial charge in [0, 0.05) is 6.08 Å². The van der Waals surface area contributed by atoms with Gasteiger partial charge in [0.1, 0.15) is 0 Å². The molecule has 0 bridgehead atoms. The lowest BCUT2D eigenvalue weighted by molar-refractivity contribution is -0.119. The molecule has 24 heavy (non-hydrogen) atoms. The van der Waals surface area contributed by atoms with E-state index in [1.807, 2.05) is 6.92 Å². The van der Waals surface area contributed by atoms with Crippen LogP contribution in [0.25, 0.3) is 0 Å². The lowest BCUT2D eigenvalue weighted by Crippen LogP contribution is -2.46. The maximum atomic E-state index is 12.6. The van der Waals surface area contributed by atoms with Gasteiger partial charge >= 0.3 is 0 Å². The van der Waals surface area contributed by atoms with Gasteiger partial charge in [0.05, 0.1) is 5.57 Å². The van der Waals surface area contributed by atoms with Gasteiger partial charge in [0.15, 0.2) is 11.5 Å². The topological polar surface area (TPSA) is 74.6 Å². The van der Waals surface area contributed by atoms with Crippen molar-refractivity contribution in [3.8, 4) is 0 Å². The Kier molecular flexibility index (Phi) is 3.78. The smallest absolute Gasteiger partial charge is 0.231 e. The van der Waals surface area contributed by atoms with Gasteiger partial charge in [-0.25, -0.2) is 0 Å². The molecule has 3 aliphatic rings. The quantitative estimate of drug-likeness (QED) is 0.702. The van der Waals surface area contributed by atoms with Crippen molar-refractivity contribution in [3.05, 3.63) is 34.3 Å². The molecule has 1 fully saturated rings. The molecule has 0 aliphatic heterocycles. The summed E-state index contributed by atoms with van der Waals surface area (Å²) in [5.74, 6) is -2.03. The molecule has 0 unspecified atom stereocenters. The van der Waals surface area contributed by atoms with Crippen LogP contribution >= 0.6 is 0 Å². The van der Waals surface area contributed by atoms with Crippen LogP contribution in [0.1, 0.15) is 59.8 Å². The van der Waals surface area contributed by atoms with E-state index >= 15 is 0 Å². The summed E-state index contributed by atoms with van der Waals surface area (Å²) in [6.07, 6.45) is 5.83. The number of hydrogen-bond donors (Lipinski definition) is 2. The minimum absolute atomic E-state index is 0.0300. The molecule has 0 heterocycles. The first-order valence-electron chi connectivity index (χ1n) is 8.73. The average Bonchev–Trinajstić information content (AvgIpc) is 2.47. The first-order valence-corrected chi connectivity index (χ1v) is 8.73. The van der Waals surface area contributed by atoms with Crippen LogP contribution in [-0.2, 0) is 9.59 Å². The summed E-state index contributed by atoms with van der Waals surface area (Å²) in [5.41, 5.74) is 1.75. The lowest BCUT2D eigenvalue weighted by Gasteiger charge is -2.55. The van der Waals surface area contributed by atoms with E-state index in [0.29, 0.717) is 5.92 Å². The van der Waals surface area contributed by atoms with Crippen LogP contribution < -0.4 is 0 Å². The molecule has 4 heteroatoms. The largest absolute Gasteiger partial charge is 0.504 e. The van der Waals surface area contributed by atoms with Gasteiger partial charge in [-0.3, -0.25) is 9.59 Å². The molecule has 4 nitrogen and oxygen atoms in total. The second-order valence-corrected chi connectivity index (χ2v) is 8.45. The summed E-state index contributed by atoms with van der Waals surface area (Å²) < 4.78 is 0. The molecule has 0 aromatic rings. The summed E-state index contributed by atoms with van der Waals surface area (Å²) in [6, 6.07) is 0. The third-order valence-corrected chi connectivity index (χ3v) is 6.48. The fourth-order valence-corrected chi connectivity index (χ4v) is 5.45. The number of aliphatic hydroxyl groups is 2. The number of rotatable bonds is 1. The van der Waals surface area contributed by atoms with E-state index in [9.17, 15) is 19.8 Å². The Balaban J connectivity index is 2.20. The number of allylic oxidation sites excluding steroid dienone is 4. The van der Waals surface area contributed by atoms with Crippen molar-refractivity contribution in [2.45, 2.75) is 59.8 Å². The van der Waals surface area contributed by atoms with Gasteiger partial charge in [0.2, 0.25) is 11.6 Å². The maximum Gasteiger partial charge on any atom is 0.231 e. The first kappa shape index (κ1) is 17.0. The van der Waals surface area contributed by atoms with Gasteiger partial charge in [-0.2, -0.15) is 0 Å². The summed E-state index contributed by atoms with van der Waals surface area (Å²) in [4.78, 5) is 24.6. The Hall–Kier alpha value is -1.84. The van der Waals surface area contributed by atoms with Crippen LogP contribution in [0.2, 0.25) is 0 Å². The molecule has 3 rings (SSSR count). The predicted octanol–water partition coefficient (Wildman–Crippen LogP) is 4.34. The number of carbonyl (C=O) groups excluding carboxylic acids is 2. The lowest BCUT2D eigenvalue weighted by atomic mass is 9.49. The van der Waals surface area contributed by atoms with E-state index in [1.54, 1.807) is 0 Å². The fourth-order valence-electron chi connectivity index (χ4n) is 5.45. The molecule has 2 atom stereocenters. The Labute approximate surface area is 142 Å². The third kappa shape index (κ3) is 2.27. The molecular formula is C20H26O4. The monoisotopic (exact) mass is 330 g/mol. The van der Waals surface area contributed by atoms with E-state index in [0.717, 1.165) is 49.3 Å². The molecule has 0 aromatic carbocycles. The van der Waals surface area contributed by atoms with Gasteiger partial charge in [0.25, 0.3) is 0 Å². The van der Waals surface area contributed by atoms with Crippen LogP contribution in [0.15, 0.2) is 34.3 Å². The molecule has 130 valence electrons. The van der Waals surface area contributed by atoms with Crippen molar-refractivity contribution in [2.75, 3.05) is 0 Å². The first-order chi connectivity index (χ1) is 11.1. The molecule has 0 amide bonds. The van der Waals surface area contributed by atoms with Crippen LogP contribution in [-0.4, -0.2) is 21.8 Å². The second-order valence-electron chi connectivity index (χ2n) is 8.45. The highest BCUT2D eigenvalue weighted by Gasteiger charge is 2.52. The highest BCUT2D eigenvalue weighted by atomic mass is 16.3. The standard InChI is InChI=1S/C20H26O4/c1-11-6-7-14-19(2,3)8-5-9-20(14,4)16(11)15-17(23)12(21)10-13(22)18(15)24/h10,14,21,24H,5-9H2,1-4H3/t14-,20-/m0/s1. The van der Waals surface area contributed by atoms with Crippen LogP contribution in [0, 0.1) is 16.7 Å². The molecule has 1 saturated carbocycles. The number of Topliss-reactive ketones (excluding diaryl/α,β-unsaturated/α-hetero) is 1. The normalized spacial score (nSPS) is 33.5. The minimum Gasteiger partial charge on any atom is -0.504 e. The van der Waals surface area contributed by atoms with Gasteiger partial charge in [-0.15, -0.1) is 0 Å². The predicted molar refractivity (Wildman–Crippen MR) is 91.5 cm³/mol. The molecule has 0 radical (unpaired) electrons. The maximum absolute atomic E-state index is 12.6. The summed E-state index contributed by atoms with van der Waals surface area (Å²) in [6.45, 7) is 8.68. The van der Waals surface area contributed by atoms with Crippen molar-refractivity contribution in [1.29, 1.82) is 0 Å². The summed E-state index contributed by atoms with van der Waals surface area (Å²) >= 11 is 0. The summed E-state index contributed by atoms with van der Waals surface area (Å²) in [7, 11) is 0. The zero-order valence-electron chi connectivity index (χ0n) is 14.9. The highest BCUT2D eigenvalue weighted by Crippen LogP contribution is 2.61. The molecule has 0 saturated heterocycles. The molecule has 3 aliphatic carbocycles. The Morgan fingerprint density at radius 1 is 1.12 bits per heavy atom. The van der Waals surface area contributed by atoms with Crippen LogP contribution in [0.5, 0.6) is 0 Å². The van der Waals surface area contributed by atoms with E-state index in [1.165, 1.54) is 0 Å². The molecular weight excluding hydrogens is 304 g/mol. The van der Waals surface area contributed by atoms with Crippen molar-refractivity contribution in [3.63, 3.8) is 0 Å². The Morgan fingerprint density at radius 2 is 1.79 bits per heavy atom. The van der Waals surface area contributed by atoms with Gasteiger partial charge in [-0.1, -0.05) is 32.8 Å². The molecule has 0 spiro atoms. The number of hydrogen-bond acceptors (Lipinski definition) is 4. The third-order valence-electron chi connectivity index (χ3n) is 6.48. The fraction of sp³-hybridized carbons (Fsp3) is 0.600. The molecule has 0 aromatic heterocycles. The van der Waals surface area contributed by atoms with Gasteiger partial charge < -0.3 is 10.2 Å². The van der Waals surface area contributed by atoms with E-state index in [4.69, 9.17) is 0 Å². The zero-order valence-corrected chi connectivity index (χ0v) is 14.9. The van der Waals surface area contributed by atoms with Crippen molar-refractivity contribution in [1.82, 2.24) is 0 Å². The van der Waals surface area contributed by atoms with E-state index in [2.05, 4.69) is 20.8 Å². The number of ketones is 2.